The van der Waals surface area contributed by atoms with Crippen molar-refractivity contribution in [2.45, 2.75) is 12.5 Å². The summed E-state index contributed by atoms with van der Waals surface area (Å²) in [6.45, 7) is 0.656. The maximum absolute atomic E-state index is 13.1. The number of carbonyl (C=O) groups excluding carboxylic acids is 1. The van der Waals surface area contributed by atoms with Crippen LogP contribution in [0.15, 0.2) is 60.5 Å². The van der Waals surface area contributed by atoms with Gasteiger partial charge in [0.15, 0.2) is 0 Å². The lowest BCUT2D eigenvalue weighted by Gasteiger charge is -2.35. The zero-order chi connectivity index (χ0) is 17.5. The molecule has 0 unspecified atom stereocenters. The summed E-state index contributed by atoms with van der Waals surface area (Å²) in [7, 11) is 0. The monoisotopic (exact) mass is 360 g/mol. The van der Waals surface area contributed by atoms with Crippen LogP contribution in [-0.2, 0) is 6.42 Å². The first-order chi connectivity index (χ1) is 12.8. The molecule has 0 fully saturated rings. The number of hydrogen-bond acceptors (Lipinski definition) is 4. The maximum atomic E-state index is 13.1. The molecule has 1 N–H and O–H groups in total. The van der Waals surface area contributed by atoms with Gasteiger partial charge in [0.25, 0.3) is 5.91 Å². The molecule has 26 heavy (non-hydrogen) atoms. The van der Waals surface area contributed by atoms with Gasteiger partial charge in [-0.25, -0.2) is 4.98 Å². The first-order valence-electron chi connectivity index (χ1n) is 8.51. The Labute approximate surface area is 154 Å². The molecule has 1 amide bonds. The van der Waals surface area contributed by atoms with Gasteiger partial charge in [-0.1, -0.05) is 36.4 Å². The van der Waals surface area contributed by atoms with Crippen LogP contribution in [0.2, 0.25) is 0 Å². The van der Waals surface area contributed by atoms with E-state index in [4.69, 9.17) is 0 Å². The van der Waals surface area contributed by atoms with Crippen LogP contribution in [-0.4, -0.2) is 32.3 Å². The highest BCUT2D eigenvalue weighted by molar-refractivity contribution is 7.11. The second-order valence-electron chi connectivity index (χ2n) is 6.39. The molecular formula is C20H16N4OS. The summed E-state index contributed by atoms with van der Waals surface area (Å²) in [6, 6.07) is 14.5. The van der Waals surface area contributed by atoms with Crippen molar-refractivity contribution in [2.75, 3.05) is 6.54 Å². The molecule has 0 bridgehead atoms. The van der Waals surface area contributed by atoms with E-state index in [1.807, 2.05) is 17.0 Å². The molecule has 6 heteroatoms. The minimum absolute atomic E-state index is 0.0132. The molecule has 0 saturated carbocycles. The fraction of sp³-hybridized carbons (Fsp3) is 0.150. The van der Waals surface area contributed by atoms with E-state index in [9.17, 15) is 4.79 Å². The molecule has 0 spiro atoms. The smallest absolute Gasteiger partial charge is 0.266 e. The molecule has 5 rings (SSSR count). The number of fused-ring (bicyclic) bond motifs is 2. The van der Waals surface area contributed by atoms with Crippen molar-refractivity contribution in [1.29, 1.82) is 0 Å². The van der Waals surface area contributed by atoms with E-state index < -0.39 is 0 Å². The summed E-state index contributed by atoms with van der Waals surface area (Å²) in [5, 5.41) is 2.35. The predicted octanol–water partition coefficient (Wildman–Crippen LogP) is 3.81. The average molecular weight is 360 g/mol. The van der Waals surface area contributed by atoms with E-state index in [0.717, 1.165) is 28.8 Å². The molecule has 1 atom stereocenters. The van der Waals surface area contributed by atoms with E-state index in [1.165, 1.54) is 16.7 Å². The number of thiazole rings is 1. The molecule has 0 aliphatic carbocycles. The van der Waals surface area contributed by atoms with E-state index in [-0.39, 0.29) is 11.9 Å². The van der Waals surface area contributed by atoms with Crippen LogP contribution in [0.3, 0.4) is 0 Å². The molecule has 0 radical (unpaired) electrons. The molecule has 3 heterocycles. The molecule has 1 aliphatic heterocycles. The number of nitrogens with one attached hydrogen (secondary N) is 1. The number of aromatic amines is 1. The van der Waals surface area contributed by atoms with Crippen molar-refractivity contribution in [3.05, 3.63) is 82.3 Å². The lowest BCUT2D eigenvalue weighted by atomic mass is 9.93. The summed E-state index contributed by atoms with van der Waals surface area (Å²) in [6.07, 6.45) is 4.15. The number of benzene rings is 2. The Bertz CT molecular complexity index is 1090. The highest BCUT2D eigenvalue weighted by atomic mass is 32.1. The van der Waals surface area contributed by atoms with Crippen molar-refractivity contribution in [2.24, 2.45) is 0 Å². The van der Waals surface area contributed by atoms with Gasteiger partial charge in [0.05, 0.1) is 23.7 Å². The van der Waals surface area contributed by atoms with Crippen LogP contribution in [0.1, 0.15) is 32.7 Å². The standard InChI is InChI=1S/C20H16N4OS/c25-20(17-10-21-12-26-17)24-8-7-16-18(23-11-22-16)19(24)15-6-5-13-3-1-2-4-14(13)9-15/h1-6,9-12,19H,7-8H2,(H,22,23)/t19-/m0/s1. The van der Waals surface area contributed by atoms with Crippen LogP contribution < -0.4 is 0 Å². The van der Waals surface area contributed by atoms with Gasteiger partial charge in [0.2, 0.25) is 0 Å². The second-order valence-corrected chi connectivity index (χ2v) is 7.28. The largest absolute Gasteiger partial charge is 0.348 e. The van der Waals surface area contributed by atoms with Crippen LogP contribution >= 0.6 is 11.3 Å². The van der Waals surface area contributed by atoms with Crippen molar-refractivity contribution in [3.63, 3.8) is 0 Å². The number of rotatable bonds is 2. The number of amides is 1. The Morgan fingerprint density at radius 2 is 2.08 bits per heavy atom. The fourth-order valence-electron chi connectivity index (χ4n) is 3.67. The number of hydrogen-bond donors (Lipinski definition) is 1. The van der Waals surface area contributed by atoms with Crippen molar-refractivity contribution < 1.29 is 4.79 Å². The molecule has 2 aromatic carbocycles. The molecule has 4 aromatic rings. The number of aromatic nitrogens is 3. The Balaban J connectivity index is 1.64. The molecule has 128 valence electrons. The third kappa shape index (κ3) is 2.42. The molecule has 5 nitrogen and oxygen atoms in total. The summed E-state index contributed by atoms with van der Waals surface area (Å²) in [5.41, 5.74) is 4.82. The van der Waals surface area contributed by atoms with Crippen LogP contribution in [0, 0.1) is 0 Å². The van der Waals surface area contributed by atoms with Gasteiger partial charge in [-0.15, -0.1) is 11.3 Å². The Hall–Kier alpha value is -2.99. The van der Waals surface area contributed by atoms with Gasteiger partial charge in [0, 0.05) is 18.7 Å². The van der Waals surface area contributed by atoms with Crippen LogP contribution in [0.5, 0.6) is 0 Å². The van der Waals surface area contributed by atoms with Gasteiger partial charge in [-0.2, -0.15) is 0 Å². The number of nitrogens with zero attached hydrogens (tertiary/aromatic N) is 3. The molecule has 1 aliphatic rings. The third-order valence-electron chi connectivity index (χ3n) is 4.92. The van der Waals surface area contributed by atoms with E-state index in [1.54, 1.807) is 18.0 Å². The predicted molar refractivity (Wildman–Crippen MR) is 101 cm³/mol. The van der Waals surface area contributed by atoms with E-state index in [0.29, 0.717) is 11.4 Å². The highest BCUT2D eigenvalue weighted by Crippen LogP contribution is 2.35. The number of H-pyrrole nitrogens is 1. The lowest BCUT2D eigenvalue weighted by molar-refractivity contribution is 0.0695. The Morgan fingerprint density at radius 3 is 2.92 bits per heavy atom. The van der Waals surface area contributed by atoms with E-state index in [2.05, 4.69) is 45.3 Å². The second kappa shape index (κ2) is 6.07. The maximum Gasteiger partial charge on any atom is 0.266 e. The molecule has 2 aromatic heterocycles. The Morgan fingerprint density at radius 1 is 1.19 bits per heavy atom. The fourth-order valence-corrected chi connectivity index (χ4v) is 4.25. The third-order valence-corrected chi connectivity index (χ3v) is 5.68. The topological polar surface area (TPSA) is 61.9 Å². The van der Waals surface area contributed by atoms with Gasteiger partial charge >= 0.3 is 0 Å². The van der Waals surface area contributed by atoms with Gasteiger partial charge < -0.3 is 9.88 Å². The van der Waals surface area contributed by atoms with Gasteiger partial charge in [-0.05, 0) is 22.4 Å². The summed E-state index contributed by atoms with van der Waals surface area (Å²) in [5.74, 6) is 0.0132. The van der Waals surface area contributed by atoms with Crippen LogP contribution in [0.25, 0.3) is 10.8 Å². The molecule has 0 saturated heterocycles. The minimum Gasteiger partial charge on any atom is -0.348 e. The molecular weight excluding hydrogens is 344 g/mol. The summed E-state index contributed by atoms with van der Waals surface area (Å²) in [4.78, 5) is 27.5. The van der Waals surface area contributed by atoms with E-state index >= 15 is 0 Å². The SMILES string of the molecule is O=C(c1cncs1)N1CCc2[nH]cnc2[C@@H]1c1ccc2ccccc2c1. The lowest BCUT2D eigenvalue weighted by Crippen LogP contribution is -2.40. The first kappa shape index (κ1) is 15.3. The zero-order valence-electron chi connectivity index (χ0n) is 13.9. The summed E-state index contributed by atoms with van der Waals surface area (Å²) >= 11 is 1.38. The van der Waals surface area contributed by atoms with Crippen LogP contribution in [0.4, 0.5) is 0 Å². The van der Waals surface area contributed by atoms with Crippen molar-refractivity contribution >= 4 is 28.0 Å². The Kier molecular flexibility index (Phi) is 3.57. The van der Waals surface area contributed by atoms with Gasteiger partial charge in [0.1, 0.15) is 10.9 Å². The first-order valence-corrected chi connectivity index (χ1v) is 9.39. The zero-order valence-corrected chi connectivity index (χ0v) is 14.7. The minimum atomic E-state index is -0.191. The highest BCUT2D eigenvalue weighted by Gasteiger charge is 2.35. The summed E-state index contributed by atoms with van der Waals surface area (Å²) < 4.78 is 0. The quantitative estimate of drug-likeness (QED) is 0.591. The van der Waals surface area contributed by atoms with Crippen molar-refractivity contribution in [3.8, 4) is 0 Å². The number of carbonyl (C=O) groups is 1. The average Bonchev–Trinajstić information content (AvgIpc) is 3.38. The van der Waals surface area contributed by atoms with Crippen molar-refractivity contribution in [1.82, 2.24) is 19.9 Å². The number of imidazole rings is 1. The van der Waals surface area contributed by atoms with Gasteiger partial charge in [-0.3, -0.25) is 9.78 Å². The normalized spacial score (nSPS) is 16.6.